The van der Waals surface area contributed by atoms with Gasteiger partial charge in [0.25, 0.3) is 0 Å². The van der Waals surface area contributed by atoms with E-state index in [0.717, 1.165) is 49.9 Å². The Morgan fingerprint density at radius 2 is 1.75 bits per heavy atom. The highest BCUT2D eigenvalue weighted by Crippen LogP contribution is 2.75. The molecule has 2 amide bonds. The number of hydrogen-bond acceptors (Lipinski definition) is 7. The molecule has 12 atom stereocenters. The van der Waals surface area contributed by atoms with E-state index in [1.54, 1.807) is 18.7 Å². The van der Waals surface area contributed by atoms with Crippen LogP contribution in [0.5, 0.6) is 0 Å². The number of nitrogens with one attached hydrogen (secondary N) is 1. The minimum absolute atomic E-state index is 0.197. The molecule has 0 spiro atoms. The van der Waals surface area contributed by atoms with Crippen molar-refractivity contribution < 1.29 is 24.2 Å². The fourth-order valence-corrected chi connectivity index (χ4v) is 13.3. The SMILES string of the molecule is CC(C)[C@@H](C)[C@@]1(C)CC[C@]2(C)[C@H]3CC[C@H]4C5(C)COC[C@@]4(C[C@@H](n4ncnc4-c4ccncc4)[C@@H]5OC[C@](C)(NC(N)=O)C(C)(C)C)C3=CC[C@@]2(C)[C@@H]1C(=O)O. The van der Waals surface area contributed by atoms with Gasteiger partial charge >= 0.3 is 12.0 Å². The Morgan fingerprint density at radius 3 is 2.38 bits per heavy atom. The average molecular weight is 773 g/mol. The number of carbonyl (C=O) groups excluding carboxylic acids is 1. The molecule has 0 aromatic carbocycles. The predicted molar refractivity (Wildman–Crippen MR) is 216 cm³/mol. The second-order valence-electron chi connectivity index (χ2n) is 21.2. The number of ether oxygens (including phenoxy) is 2. The Labute approximate surface area is 334 Å². The van der Waals surface area contributed by atoms with Crippen molar-refractivity contribution in [3.05, 3.63) is 42.5 Å². The highest BCUT2D eigenvalue weighted by atomic mass is 16.5. The maximum Gasteiger partial charge on any atom is 0.312 e. The van der Waals surface area contributed by atoms with E-state index in [9.17, 15) is 14.7 Å². The Morgan fingerprint density at radius 1 is 1.05 bits per heavy atom. The molecular formula is C45H68N6O5. The number of pyridine rings is 1. The van der Waals surface area contributed by atoms with Gasteiger partial charge < -0.3 is 25.6 Å². The normalized spacial score (nSPS) is 39.6. The quantitative estimate of drug-likeness (QED) is 0.215. The highest BCUT2D eigenvalue weighted by Gasteiger charge is 2.72. The summed E-state index contributed by atoms with van der Waals surface area (Å²) in [5.74, 6) is 0.845. The summed E-state index contributed by atoms with van der Waals surface area (Å²) in [5, 5.41) is 19.2. The van der Waals surface area contributed by atoms with Crippen LogP contribution in [0.4, 0.5) is 4.79 Å². The van der Waals surface area contributed by atoms with Crippen molar-refractivity contribution >= 4 is 12.0 Å². The maximum absolute atomic E-state index is 13.6. The summed E-state index contributed by atoms with van der Waals surface area (Å²) in [6, 6.07) is 3.15. The van der Waals surface area contributed by atoms with Crippen LogP contribution < -0.4 is 11.1 Å². The van der Waals surface area contributed by atoms with E-state index in [1.807, 2.05) is 19.1 Å². The van der Waals surface area contributed by atoms with Gasteiger partial charge in [0.2, 0.25) is 0 Å². The van der Waals surface area contributed by atoms with E-state index in [2.05, 4.69) is 90.3 Å². The lowest BCUT2D eigenvalue weighted by atomic mass is 9.34. The molecule has 1 unspecified atom stereocenters. The molecule has 11 heteroatoms. The molecule has 1 aliphatic heterocycles. The number of carbonyl (C=O) groups is 2. The Balaban J connectivity index is 1.35. The van der Waals surface area contributed by atoms with Crippen LogP contribution in [0.2, 0.25) is 0 Å². The van der Waals surface area contributed by atoms with Gasteiger partial charge in [0.05, 0.1) is 43.4 Å². The smallest absolute Gasteiger partial charge is 0.312 e. The van der Waals surface area contributed by atoms with Crippen LogP contribution >= 0.6 is 0 Å². The molecule has 0 radical (unpaired) electrons. The molecule has 4 fully saturated rings. The van der Waals surface area contributed by atoms with E-state index < -0.39 is 34.3 Å². The average Bonchev–Trinajstić information content (AvgIpc) is 3.60. The van der Waals surface area contributed by atoms with Crippen molar-refractivity contribution in [1.29, 1.82) is 0 Å². The fourth-order valence-electron chi connectivity index (χ4n) is 13.3. The molecule has 4 aliphatic carbocycles. The summed E-state index contributed by atoms with van der Waals surface area (Å²) in [4.78, 5) is 35.1. The highest BCUT2D eigenvalue weighted by molar-refractivity contribution is 5.73. The molecule has 2 aromatic rings. The Bertz CT molecular complexity index is 1860. The van der Waals surface area contributed by atoms with Gasteiger partial charge in [0, 0.05) is 28.8 Å². The second-order valence-corrected chi connectivity index (χ2v) is 21.2. The molecule has 4 N–H and O–H groups in total. The molecular weight excluding hydrogens is 705 g/mol. The number of primary amides is 1. The summed E-state index contributed by atoms with van der Waals surface area (Å²) < 4.78 is 16.2. The number of urea groups is 1. The maximum atomic E-state index is 13.6. The third-order valence-corrected chi connectivity index (χ3v) is 17.5. The number of amides is 2. The van der Waals surface area contributed by atoms with Gasteiger partial charge in [-0.05, 0) is 103 Å². The zero-order valence-electron chi connectivity index (χ0n) is 35.8. The molecule has 7 rings (SSSR count). The fraction of sp³-hybridized carbons (Fsp3) is 0.756. The van der Waals surface area contributed by atoms with Crippen LogP contribution in [0.1, 0.15) is 121 Å². The van der Waals surface area contributed by atoms with Gasteiger partial charge in [-0.1, -0.05) is 80.9 Å². The van der Waals surface area contributed by atoms with Crippen LogP contribution in [0.15, 0.2) is 42.5 Å². The number of nitrogens with two attached hydrogens (primary N) is 1. The van der Waals surface area contributed by atoms with Gasteiger partial charge in [0.15, 0.2) is 5.82 Å². The van der Waals surface area contributed by atoms with Crippen LogP contribution in [0, 0.1) is 62.1 Å². The number of rotatable bonds is 9. The summed E-state index contributed by atoms with van der Waals surface area (Å²) >= 11 is 0. The lowest BCUT2D eigenvalue weighted by Gasteiger charge is -2.71. The lowest BCUT2D eigenvalue weighted by Crippen LogP contribution is -2.69. The van der Waals surface area contributed by atoms with Crippen molar-refractivity contribution in [3.63, 3.8) is 0 Å². The van der Waals surface area contributed by atoms with Gasteiger partial charge in [-0.3, -0.25) is 9.78 Å². The minimum atomic E-state index is -0.758. The number of nitrogens with zero attached hydrogens (tertiary/aromatic N) is 4. The van der Waals surface area contributed by atoms with Crippen molar-refractivity contribution in [1.82, 2.24) is 25.1 Å². The van der Waals surface area contributed by atoms with E-state index in [1.165, 1.54) is 5.57 Å². The van der Waals surface area contributed by atoms with Gasteiger partial charge in [-0.25, -0.2) is 14.5 Å². The van der Waals surface area contributed by atoms with Crippen molar-refractivity contribution in [2.75, 3.05) is 19.8 Å². The summed E-state index contributed by atoms with van der Waals surface area (Å²) in [6.07, 6.45) is 12.8. The van der Waals surface area contributed by atoms with E-state index in [0.29, 0.717) is 19.1 Å². The van der Waals surface area contributed by atoms with Gasteiger partial charge in [0.1, 0.15) is 6.33 Å². The van der Waals surface area contributed by atoms with Crippen LogP contribution in [-0.2, 0) is 14.3 Å². The molecule has 308 valence electrons. The zero-order valence-corrected chi connectivity index (χ0v) is 35.8. The Hall–Kier alpha value is -3.31. The van der Waals surface area contributed by atoms with Crippen LogP contribution in [-0.4, -0.2) is 68.3 Å². The van der Waals surface area contributed by atoms with Crippen LogP contribution in [0.25, 0.3) is 11.4 Å². The van der Waals surface area contributed by atoms with E-state index >= 15 is 0 Å². The van der Waals surface area contributed by atoms with E-state index in [4.69, 9.17) is 25.3 Å². The Kier molecular flexibility index (Phi) is 9.95. The first-order chi connectivity index (χ1) is 26.1. The molecule has 3 heterocycles. The van der Waals surface area contributed by atoms with Gasteiger partial charge in [-0.2, -0.15) is 5.10 Å². The predicted octanol–water partition coefficient (Wildman–Crippen LogP) is 8.33. The molecule has 3 saturated carbocycles. The van der Waals surface area contributed by atoms with Gasteiger partial charge in [-0.15, -0.1) is 0 Å². The monoisotopic (exact) mass is 773 g/mol. The molecule has 2 bridgehead atoms. The second kappa shape index (κ2) is 13.6. The summed E-state index contributed by atoms with van der Waals surface area (Å²) in [5.41, 5.74) is 5.43. The molecule has 56 heavy (non-hydrogen) atoms. The molecule has 11 nitrogen and oxygen atoms in total. The topological polar surface area (TPSA) is 154 Å². The van der Waals surface area contributed by atoms with Crippen LogP contribution in [0.3, 0.4) is 0 Å². The van der Waals surface area contributed by atoms with Crippen molar-refractivity contribution in [3.8, 4) is 11.4 Å². The number of allylic oxidation sites excluding steroid dienone is 1. The number of aromatic nitrogens is 4. The summed E-state index contributed by atoms with van der Waals surface area (Å²) in [7, 11) is 0. The van der Waals surface area contributed by atoms with Crippen molar-refractivity contribution in [2.24, 2.45) is 67.8 Å². The molecule has 1 saturated heterocycles. The first-order valence-electron chi connectivity index (χ1n) is 21.1. The largest absolute Gasteiger partial charge is 0.481 e. The third-order valence-electron chi connectivity index (χ3n) is 17.5. The number of hydrogen-bond donors (Lipinski definition) is 3. The third kappa shape index (κ3) is 5.82. The summed E-state index contributed by atoms with van der Waals surface area (Å²) in [6.45, 7) is 25.8. The lowest BCUT2D eigenvalue weighted by molar-refractivity contribution is -0.253. The number of fused-ring (bicyclic) bond motifs is 3. The minimum Gasteiger partial charge on any atom is -0.481 e. The number of aliphatic carboxylic acids is 1. The standard InChI is InChI=1S/C45H68N6O5/c1-27(2)28(3)40(7)18-19-42(9)30-12-13-33-41(8)23-55-25-45(33,31(30)14-17-43(42,10)34(40)37(52)53)22-32(51-36(48-26-49-51)29-15-20-47-21-16-29)35(41)56-24-44(11,39(4,5)6)50-38(46)54/h14-16,20-21,26-28,30,32-35H,12-13,17-19,22-25H2,1-11H3,(H,52,53)(H3,46,50,54)/t28-,30+,32-,33+,34-,35+,40-,41?,42-,43+,44+,45+/m1/s1. The molecule has 5 aliphatic rings. The number of carboxylic acids is 1. The first-order valence-corrected chi connectivity index (χ1v) is 21.1. The zero-order chi connectivity index (χ0) is 40.9. The first kappa shape index (κ1) is 40.9. The molecule has 2 aromatic heterocycles. The number of carboxylic acid groups (broad SMARTS) is 1. The van der Waals surface area contributed by atoms with Crippen molar-refractivity contribution in [2.45, 2.75) is 132 Å². The van der Waals surface area contributed by atoms with E-state index in [-0.39, 0.29) is 58.2 Å².